The Labute approximate surface area is 168 Å². The number of benzene rings is 3. The van der Waals surface area contributed by atoms with E-state index in [1.807, 2.05) is 60.0 Å². The number of hydrogen-bond acceptors (Lipinski definition) is 4. The number of anilines is 1. The van der Waals surface area contributed by atoms with Gasteiger partial charge in [0.1, 0.15) is 5.75 Å². The molecule has 28 heavy (non-hydrogen) atoms. The lowest BCUT2D eigenvalue weighted by Gasteiger charge is -2.24. The normalized spacial score (nSPS) is 10.8. The summed E-state index contributed by atoms with van der Waals surface area (Å²) in [5.41, 5.74) is 3.11. The fourth-order valence-corrected chi connectivity index (χ4v) is 4.20. The van der Waals surface area contributed by atoms with Crippen molar-refractivity contribution in [2.45, 2.75) is 13.1 Å². The largest absolute Gasteiger partial charge is 0.497 e. The fourth-order valence-electron chi connectivity index (χ4n) is 3.28. The standard InChI is InChI=1S/C24H21NO2S/c1-27-20-12-13-23-21(14-20)24(26)22(17-28-23)25(15-18-8-4-2-5-9-18)16-19-10-6-3-7-11-19/h2-14,17H,15-16H2,1H3. The molecule has 0 saturated heterocycles. The molecule has 0 unspecified atom stereocenters. The Kier molecular flexibility index (Phi) is 5.40. The van der Waals surface area contributed by atoms with Gasteiger partial charge in [0.05, 0.1) is 12.8 Å². The zero-order valence-electron chi connectivity index (χ0n) is 15.7. The monoisotopic (exact) mass is 387 g/mol. The highest BCUT2D eigenvalue weighted by molar-refractivity contribution is 7.16. The van der Waals surface area contributed by atoms with Crippen molar-refractivity contribution >= 4 is 27.1 Å². The molecule has 0 spiro atoms. The Hall–Kier alpha value is -3.11. The van der Waals surface area contributed by atoms with Gasteiger partial charge in [-0.05, 0) is 29.3 Å². The van der Waals surface area contributed by atoms with Crippen molar-refractivity contribution in [2.75, 3.05) is 12.0 Å². The second-order valence-corrected chi connectivity index (χ2v) is 7.55. The maximum absolute atomic E-state index is 13.3. The maximum atomic E-state index is 13.3. The summed E-state index contributed by atoms with van der Waals surface area (Å²) in [5, 5.41) is 2.68. The molecule has 0 aliphatic rings. The van der Waals surface area contributed by atoms with Gasteiger partial charge in [0.15, 0.2) is 0 Å². The Balaban J connectivity index is 1.78. The van der Waals surface area contributed by atoms with E-state index in [9.17, 15) is 4.79 Å². The minimum Gasteiger partial charge on any atom is -0.497 e. The average Bonchev–Trinajstić information content (AvgIpc) is 2.75. The van der Waals surface area contributed by atoms with Crippen LogP contribution >= 0.6 is 11.3 Å². The van der Waals surface area contributed by atoms with E-state index >= 15 is 0 Å². The minimum atomic E-state index is 0.0412. The van der Waals surface area contributed by atoms with Crippen molar-refractivity contribution in [1.82, 2.24) is 0 Å². The molecule has 0 bridgehead atoms. The van der Waals surface area contributed by atoms with Gasteiger partial charge >= 0.3 is 0 Å². The Morgan fingerprint density at radius 3 is 2.04 bits per heavy atom. The highest BCUT2D eigenvalue weighted by atomic mass is 32.1. The molecule has 0 N–H and O–H groups in total. The van der Waals surface area contributed by atoms with E-state index in [1.165, 1.54) is 11.1 Å². The molecule has 0 atom stereocenters. The summed E-state index contributed by atoms with van der Waals surface area (Å²) in [4.78, 5) is 15.5. The summed E-state index contributed by atoms with van der Waals surface area (Å²) in [7, 11) is 1.62. The third-order valence-electron chi connectivity index (χ3n) is 4.73. The van der Waals surface area contributed by atoms with Crippen LogP contribution in [0.25, 0.3) is 10.1 Å². The number of ether oxygens (including phenoxy) is 1. The van der Waals surface area contributed by atoms with Crippen LogP contribution in [0.2, 0.25) is 0 Å². The summed E-state index contributed by atoms with van der Waals surface area (Å²) >= 11 is 1.59. The molecule has 0 saturated carbocycles. The van der Waals surface area contributed by atoms with Crippen molar-refractivity contribution in [1.29, 1.82) is 0 Å². The van der Waals surface area contributed by atoms with Gasteiger partial charge in [0.25, 0.3) is 0 Å². The molecule has 0 aliphatic carbocycles. The molecule has 0 radical (unpaired) electrons. The molecule has 3 aromatic carbocycles. The summed E-state index contributed by atoms with van der Waals surface area (Å²) in [6.45, 7) is 1.35. The van der Waals surface area contributed by atoms with E-state index in [-0.39, 0.29) is 5.43 Å². The highest BCUT2D eigenvalue weighted by Gasteiger charge is 2.15. The molecule has 140 valence electrons. The number of hydrogen-bond donors (Lipinski definition) is 0. The van der Waals surface area contributed by atoms with E-state index in [0.29, 0.717) is 24.2 Å². The number of fused-ring (bicyclic) bond motifs is 1. The van der Waals surface area contributed by atoms with Crippen LogP contribution in [0.15, 0.2) is 89.0 Å². The second kappa shape index (κ2) is 8.28. The number of nitrogens with zero attached hydrogens (tertiary/aromatic N) is 1. The molecule has 3 nitrogen and oxygen atoms in total. The van der Waals surface area contributed by atoms with E-state index in [2.05, 4.69) is 29.2 Å². The van der Waals surface area contributed by atoms with E-state index in [0.717, 1.165) is 10.4 Å². The number of rotatable bonds is 6. The molecular formula is C24H21NO2S. The Morgan fingerprint density at radius 1 is 0.857 bits per heavy atom. The van der Waals surface area contributed by atoms with Crippen LogP contribution in [0.3, 0.4) is 0 Å². The van der Waals surface area contributed by atoms with Gasteiger partial charge in [-0.15, -0.1) is 11.3 Å². The van der Waals surface area contributed by atoms with Crippen LogP contribution in [0.1, 0.15) is 11.1 Å². The zero-order chi connectivity index (χ0) is 19.3. The molecule has 1 aromatic heterocycles. The Morgan fingerprint density at radius 2 is 1.46 bits per heavy atom. The predicted octanol–water partition coefficient (Wildman–Crippen LogP) is 5.48. The van der Waals surface area contributed by atoms with Crippen LogP contribution in [-0.2, 0) is 13.1 Å². The lowest BCUT2D eigenvalue weighted by atomic mass is 10.1. The minimum absolute atomic E-state index is 0.0412. The highest BCUT2D eigenvalue weighted by Crippen LogP contribution is 2.26. The first-order valence-electron chi connectivity index (χ1n) is 9.17. The van der Waals surface area contributed by atoms with Gasteiger partial charge in [-0.3, -0.25) is 4.79 Å². The van der Waals surface area contributed by atoms with Gasteiger partial charge in [-0.1, -0.05) is 60.7 Å². The first-order chi connectivity index (χ1) is 13.7. The molecule has 4 heteroatoms. The fraction of sp³-hybridized carbons (Fsp3) is 0.125. The lowest BCUT2D eigenvalue weighted by Crippen LogP contribution is -2.27. The van der Waals surface area contributed by atoms with Crippen LogP contribution < -0.4 is 15.1 Å². The van der Waals surface area contributed by atoms with E-state index < -0.39 is 0 Å². The van der Waals surface area contributed by atoms with Crippen molar-refractivity contribution in [3.8, 4) is 5.75 Å². The van der Waals surface area contributed by atoms with Gasteiger partial charge in [0, 0.05) is 28.6 Å². The van der Waals surface area contributed by atoms with Crippen LogP contribution in [-0.4, -0.2) is 7.11 Å². The summed E-state index contributed by atoms with van der Waals surface area (Å²) in [5.74, 6) is 0.701. The zero-order valence-corrected chi connectivity index (χ0v) is 16.5. The van der Waals surface area contributed by atoms with Crippen LogP contribution in [0.5, 0.6) is 5.75 Å². The van der Waals surface area contributed by atoms with E-state index in [1.54, 1.807) is 18.4 Å². The van der Waals surface area contributed by atoms with Crippen LogP contribution in [0.4, 0.5) is 5.69 Å². The second-order valence-electron chi connectivity index (χ2n) is 6.64. The quantitative estimate of drug-likeness (QED) is 0.439. The van der Waals surface area contributed by atoms with Gasteiger partial charge in [-0.25, -0.2) is 0 Å². The molecule has 0 fully saturated rings. The molecule has 4 rings (SSSR count). The third kappa shape index (κ3) is 3.92. The van der Waals surface area contributed by atoms with Gasteiger partial charge in [-0.2, -0.15) is 0 Å². The first kappa shape index (κ1) is 18.3. The topological polar surface area (TPSA) is 29.5 Å². The first-order valence-corrected chi connectivity index (χ1v) is 10.0. The molecular weight excluding hydrogens is 366 g/mol. The summed E-state index contributed by atoms with van der Waals surface area (Å²) < 4.78 is 6.29. The molecule has 1 heterocycles. The van der Waals surface area contributed by atoms with Crippen molar-refractivity contribution in [3.05, 3.63) is 106 Å². The summed E-state index contributed by atoms with van der Waals surface area (Å²) in [6, 6.07) is 26.2. The molecule has 0 amide bonds. The van der Waals surface area contributed by atoms with Gasteiger partial charge in [0.2, 0.25) is 5.43 Å². The molecule has 0 aliphatic heterocycles. The summed E-state index contributed by atoms with van der Waals surface area (Å²) in [6.07, 6.45) is 0. The lowest BCUT2D eigenvalue weighted by molar-refractivity contribution is 0.415. The van der Waals surface area contributed by atoms with Crippen molar-refractivity contribution in [2.24, 2.45) is 0 Å². The number of methoxy groups -OCH3 is 1. The Bertz CT molecular complexity index is 1080. The SMILES string of the molecule is COc1ccc2scc(N(Cc3ccccc3)Cc3ccccc3)c(=O)c2c1. The maximum Gasteiger partial charge on any atom is 0.211 e. The smallest absolute Gasteiger partial charge is 0.211 e. The van der Waals surface area contributed by atoms with Crippen molar-refractivity contribution < 1.29 is 4.74 Å². The molecule has 4 aromatic rings. The third-order valence-corrected chi connectivity index (χ3v) is 5.69. The van der Waals surface area contributed by atoms with E-state index in [4.69, 9.17) is 4.74 Å². The predicted molar refractivity (Wildman–Crippen MR) is 117 cm³/mol. The van der Waals surface area contributed by atoms with Crippen molar-refractivity contribution in [3.63, 3.8) is 0 Å². The van der Waals surface area contributed by atoms with Gasteiger partial charge < -0.3 is 9.64 Å². The average molecular weight is 388 g/mol. The van der Waals surface area contributed by atoms with Crippen LogP contribution in [0, 0.1) is 0 Å².